The van der Waals surface area contributed by atoms with Crippen LogP contribution in [0.5, 0.6) is 0 Å². The van der Waals surface area contributed by atoms with Crippen LogP contribution >= 0.6 is 0 Å². The predicted molar refractivity (Wildman–Crippen MR) is 117 cm³/mol. The third-order valence-electron chi connectivity index (χ3n) is 6.04. The molecule has 1 aliphatic rings. The molecule has 0 aliphatic carbocycles. The Morgan fingerprint density at radius 2 is 1.97 bits per heavy atom. The fraction of sp³-hybridized carbons (Fsp3) is 0.292. The van der Waals surface area contributed by atoms with Gasteiger partial charge in [-0.2, -0.15) is 20.3 Å². The van der Waals surface area contributed by atoms with Crippen molar-refractivity contribution in [1.82, 2.24) is 24.9 Å². The van der Waals surface area contributed by atoms with Crippen molar-refractivity contribution in [2.75, 3.05) is 6.54 Å². The Bertz CT molecular complexity index is 1330. The summed E-state index contributed by atoms with van der Waals surface area (Å²) in [5.41, 5.74) is 4.10. The van der Waals surface area contributed by atoms with Crippen LogP contribution in [0.2, 0.25) is 0 Å². The number of carbonyl (C=O) groups excluding carboxylic acids is 1. The minimum atomic E-state index is -0.0546. The van der Waals surface area contributed by atoms with E-state index in [1.54, 1.807) is 30.6 Å². The van der Waals surface area contributed by atoms with Crippen LogP contribution in [0.25, 0.3) is 16.8 Å². The summed E-state index contributed by atoms with van der Waals surface area (Å²) in [4.78, 5) is 21.7. The number of aromatic nitrogens is 4. The lowest BCUT2D eigenvalue weighted by atomic mass is 9.92. The maximum Gasteiger partial charge on any atom is 0.256 e. The molecular formula is C24H22N6O2. The average molecular weight is 426 g/mol. The van der Waals surface area contributed by atoms with E-state index in [2.05, 4.69) is 28.2 Å². The Kier molecular flexibility index (Phi) is 4.94. The summed E-state index contributed by atoms with van der Waals surface area (Å²) in [6.07, 6.45) is 4.92. The first-order valence-electron chi connectivity index (χ1n) is 10.6. The fourth-order valence-electron chi connectivity index (χ4n) is 4.27. The molecule has 1 fully saturated rings. The second-order valence-electron chi connectivity index (χ2n) is 8.27. The molecule has 1 aliphatic heterocycles. The van der Waals surface area contributed by atoms with Crippen LogP contribution in [-0.2, 0) is 0 Å². The second-order valence-corrected chi connectivity index (χ2v) is 8.27. The van der Waals surface area contributed by atoms with Gasteiger partial charge in [0.25, 0.3) is 5.91 Å². The summed E-state index contributed by atoms with van der Waals surface area (Å²) in [5.74, 6) is 0.545. The number of piperidine rings is 1. The van der Waals surface area contributed by atoms with Crippen molar-refractivity contribution in [3.63, 3.8) is 0 Å². The number of hydrogen-bond donors (Lipinski definition) is 0. The zero-order valence-electron chi connectivity index (χ0n) is 17.9. The Hall–Kier alpha value is -3.99. The summed E-state index contributed by atoms with van der Waals surface area (Å²) in [5, 5.41) is 17.6. The van der Waals surface area contributed by atoms with Crippen molar-refractivity contribution in [2.45, 2.75) is 38.6 Å². The second kappa shape index (κ2) is 7.93. The number of likely N-dealkylation sites (tertiary alicyclic amines) is 1. The fourth-order valence-corrected chi connectivity index (χ4v) is 4.27. The van der Waals surface area contributed by atoms with Crippen LogP contribution in [-0.4, -0.2) is 43.4 Å². The molecule has 8 nitrogen and oxygen atoms in total. The number of benzene rings is 2. The van der Waals surface area contributed by atoms with Crippen molar-refractivity contribution in [2.24, 2.45) is 0 Å². The first kappa shape index (κ1) is 19.9. The highest BCUT2D eigenvalue weighted by Crippen LogP contribution is 2.33. The van der Waals surface area contributed by atoms with Crippen molar-refractivity contribution in [3.05, 3.63) is 71.4 Å². The van der Waals surface area contributed by atoms with E-state index in [1.807, 2.05) is 30.0 Å². The Balaban J connectivity index is 1.46. The number of nitrogens with zero attached hydrogens (tertiary/aromatic N) is 6. The molecule has 8 heteroatoms. The van der Waals surface area contributed by atoms with Gasteiger partial charge in [-0.15, -0.1) is 0 Å². The van der Waals surface area contributed by atoms with Gasteiger partial charge >= 0.3 is 0 Å². The number of oxazole rings is 1. The molecular weight excluding hydrogens is 404 g/mol. The standard InChI is InChI=1S/C24H22N6O2/c1-15-3-7-21(30-26-9-10-27-30)19(11-15)24(31)29-14-18(6-4-16(29)2)23-28-20-12-17(13-25)5-8-22(20)32-23/h3,5,7-12,16,18H,4,6,14H2,1-2H3/t16-,18-/m1/s1. The summed E-state index contributed by atoms with van der Waals surface area (Å²) >= 11 is 0. The molecule has 0 saturated carbocycles. The van der Waals surface area contributed by atoms with Crippen molar-refractivity contribution >= 4 is 17.0 Å². The molecule has 32 heavy (non-hydrogen) atoms. The highest BCUT2D eigenvalue weighted by Gasteiger charge is 2.34. The molecule has 0 radical (unpaired) electrons. The lowest BCUT2D eigenvalue weighted by Crippen LogP contribution is -2.45. The molecule has 2 aromatic heterocycles. The summed E-state index contributed by atoms with van der Waals surface area (Å²) in [6.45, 7) is 4.55. The van der Waals surface area contributed by atoms with Crippen LogP contribution in [0.1, 0.15) is 53.1 Å². The van der Waals surface area contributed by atoms with Crippen LogP contribution in [0.3, 0.4) is 0 Å². The van der Waals surface area contributed by atoms with Gasteiger partial charge in [-0.05, 0) is 57.0 Å². The maximum atomic E-state index is 13.7. The molecule has 2 atom stereocenters. The Morgan fingerprint density at radius 3 is 2.75 bits per heavy atom. The van der Waals surface area contributed by atoms with E-state index in [0.29, 0.717) is 40.3 Å². The number of aryl methyl sites for hydroxylation is 1. The van der Waals surface area contributed by atoms with Gasteiger partial charge in [0.2, 0.25) is 0 Å². The van der Waals surface area contributed by atoms with E-state index in [1.165, 1.54) is 4.80 Å². The van der Waals surface area contributed by atoms with E-state index in [-0.39, 0.29) is 17.9 Å². The lowest BCUT2D eigenvalue weighted by molar-refractivity contribution is 0.0597. The van der Waals surface area contributed by atoms with Gasteiger partial charge in [-0.3, -0.25) is 4.79 Å². The Labute approximate surface area is 185 Å². The third-order valence-corrected chi connectivity index (χ3v) is 6.04. The quantitative estimate of drug-likeness (QED) is 0.491. The van der Waals surface area contributed by atoms with Gasteiger partial charge in [0, 0.05) is 12.6 Å². The summed E-state index contributed by atoms with van der Waals surface area (Å²) in [6, 6.07) is 13.2. The van der Waals surface area contributed by atoms with Crippen LogP contribution < -0.4 is 0 Å². The molecule has 160 valence electrons. The number of hydrogen-bond acceptors (Lipinski definition) is 6. The highest BCUT2D eigenvalue weighted by atomic mass is 16.3. The number of nitriles is 1. The number of fused-ring (bicyclic) bond motifs is 1. The molecule has 3 heterocycles. The lowest BCUT2D eigenvalue weighted by Gasteiger charge is -2.37. The highest BCUT2D eigenvalue weighted by molar-refractivity contribution is 5.98. The van der Waals surface area contributed by atoms with E-state index in [4.69, 9.17) is 9.68 Å². The van der Waals surface area contributed by atoms with Crippen molar-refractivity contribution in [3.8, 4) is 11.8 Å². The van der Waals surface area contributed by atoms with Gasteiger partial charge < -0.3 is 9.32 Å². The van der Waals surface area contributed by atoms with E-state index in [0.717, 1.165) is 18.4 Å². The van der Waals surface area contributed by atoms with Gasteiger partial charge in [0.15, 0.2) is 11.5 Å². The average Bonchev–Trinajstić information content (AvgIpc) is 3.48. The topological polar surface area (TPSA) is 101 Å². The SMILES string of the molecule is Cc1ccc(-n2nccn2)c(C(=O)N2C[C@H](c3nc4cc(C#N)ccc4o3)CC[C@H]2C)c1. The minimum Gasteiger partial charge on any atom is -0.440 e. The minimum absolute atomic E-state index is 0.0100. The Morgan fingerprint density at radius 1 is 1.16 bits per heavy atom. The molecule has 1 saturated heterocycles. The molecule has 4 aromatic rings. The van der Waals surface area contributed by atoms with Crippen molar-refractivity contribution < 1.29 is 9.21 Å². The number of carbonyl (C=O) groups is 1. The summed E-state index contributed by atoms with van der Waals surface area (Å²) < 4.78 is 6.00. The zero-order chi connectivity index (χ0) is 22.2. The molecule has 1 amide bonds. The molecule has 0 bridgehead atoms. The van der Waals surface area contributed by atoms with E-state index < -0.39 is 0 Å². The molecule has 0 unspecified atom stereocenters. The number of amides is 1. The van der Waals surface area contributed by atoms with Crippen LogP contribution in [0.15, 0.2) is 53.2 Å². The van der Waals surface area contributed by atoms with Gasteiger partial charge in [-0.25, -0.2) is 4.98 Å². The van der Waals surface area contributed by atoms with Gasteiger partial charge in [-0.1, -0.05) is 11.6 Å². The zero-order valence-corrected chi connectivity index (χ0v) is 17.9. The number of rotatable bonds is 3. The largest absolute Gasteiger partial charge is 0.440 e. The molecule has 5 rings (SSSR count). The maximum absolute atomic E-state index is 13.7. The monoisotopic (exact) mass is 426 g/mol. The van der Waals surface area contributed by atoms with Crippen LogP contribution in [0, 0.1) is 18.3 Å². The normalized spacial score (nSPS) is 18.6. The first-order chi connectivity index (χ1) is 15.5. The van der Waals surface area contributed by atoms with Gasteiger partial charge in [0.05, 0.1) is 41.2 Å². The van der Waals surface area contributed by atoms with Crippen LogP contribution in [0.4, 0.5) is 0 Å². The molecule has 0 N–H and O–H groups in total. The molecule has 0 spiro atoms. The first-order valence-corrected chi connectivity index (χ1v) is 10.6. The summed E-state index contributed by atoms with van der Waals surface area (Å²) in [7, 11) is 0. The van der Waals surface area contributed by atoms with Gasteiger partial charge in [0.1, 0.15) is 5.52 Å². The van der Waals surface area contributed by atoms with E-state index >= 15 is 0 Å². The third kappa shape index (κ3) is 3.52. The smallest absolute Gasteiger partial charge is 0.256 e. The van der Waals surface area contributed by atoms with E-state index in [9.17, 15) is 4.79 Å². The molecule has 2 aromatic carbocycles. The predicted octanol–water partition coefficient (Wildman–Crippen LogP) is 4.00. The van der Waals surface area contributed by atoms with Crippen molar-refractivity contribution in [1.29, 1.82) is 5.26 Å².